The van der Waals surface area contributed by atoms with Crippen molar-refractivity contribution in [1.82, 2.24) is 4.90 Å². The first-order chi connectivity index (χ1) is 12.3. The summed E-state index contributed by atoms with van der Waals surface area (Å²) in [7, 11) is 1.75. The average Bonchev–Trinajstić information content (AvgIpc) is 2.64. The standard InChI is InChI=1S/C22H29NO3/c1-22(2,26)14-12-17-8-7-11-19(16-17)21(25)23(3)15-13-20(24)18-9-5-4-6-10-18/h4-11,16,20,24,26H,12-15H2,1-3H3/t20-/m1/s1. The van der Waals surface area contributed by atoms with Crippen LogP contribution in [0, 0.1) is 0 Å². The number of aliphatic hydroxyl groups excluding tert-OH is 1. The topological polar surface area (TPSA) is 60.8 Å². The number of amides is 1. The maximum absolute atomic E-state index is 12.6. The molecule has 2 N–H and O–H groups in total. The molecule has 0 aromatic heterocycles. The number of aliphatic hydroxyl groups is 2. The van der Waals surface area contributed by atoms with Gasteiger partial charge in [-0.15, -0.1) is 0 Å². The van der Waals surface area contributed by atoms with Crippen molar-refractivity contribution in [2.24, 2.45) is 0 Å². The van der Waals surface area contributed by atoms with Crippen LogP contribution in [0.15, 0.2) is 54.6 Å². The van der Waals surface area contributed by atoms with Gasteiger partial charge in [0.15, 0.2) is 0 Å². The van der Waals surface area contributed by atoms with Gasteiger partial charge < -0.3 is 15.1 Å². The molecule has 0 fully saturated rings. The van der Waals surface area contributed by atoms with Gasteiger partial charge in [0.2, 0.25) is 0 Å². The van der Waals surface area contributed by atoms with E-state index < -0.39 is 11.7 Å². The minimum atomic E-state index is -0.718. The van der Waals surface area contributed by atoms with Crippen molar-refractivity contribution < 1.29 is 15.0 Å². The lowest BCUT2D eigenvalue weighted by Crippen LogP contribution is -2.28. The summed E-state index contributed by atoms with van der Waals surface area (Å²) in [5.74, 6) is -0.0598. The van der Waals surface area contributed by atoms with E-state index in [4.69, 9.17) is 0 Å². The fourth-order valence-electron chi connectivity index (χ4n) is 2.79. The zero-order valence-corrected chi connectivity index (χ0v) is 15.9. The van der Waals surface area contributed by atoms with Crippen LogP contribution in [0.3, 0.4) is 0 Å². The molecule has 0 saturated carbocycles. The quantitative estimate of drug-likeness (QED) is 0.761. The first-order valence-electron chi connectivity index (χ1n) is 9.06. The van der Waals surface area contributed by atoms with Crippen LogP contribution in [0.5, 0.6) is 0 Å². The molecule has 0 saturated heterocycles. The molecule has 26 heavy (non-hydrogen) atoms. The van der Waals surface area contributed by atoms with Gasteiger partial charge in [-0.25, -0.2) is 0 Å². The number of carbonyl (C=O) groups excluding carboxylic acids is 1. The van der Waals surface area contributed by atoms with E-state index in [2.05, 4.69) is 0 Å². The smallest absolute Gasteiger partial charge is 0.253 e. The highest BCUT2D eigenvalue weighted by Crippen LogP contribution is 2.18. The lowest BCUT2D eigenvalue weighted by molar-refractivity contribution is 0.0714. The molecule has 0 unspecified atom stereocenters. The van der Waals surface area contributed by atoms with E-state index in [1.54, 1.807) is 31.9 Å². The Morgan fingerprint density at radius 2 is 1.81 bits per heavy atom. The third-order valence-corrected chi connectivity index (χ3v) is 4.47. The van der Waals surface area contributed by atoms with E-state index in [0.717, 1.165) is 17.5 Å². The third-order valence-electron chi connectivity index (χ3n) is 4.47. The van der Waals surface area contributed by atoms with Crippen molar-refractivity contribution >= 4 is 5.91 Å². The van der Waals surface area contributed by atoms with Crippen LogP contribution in [0.2, 0.25) is 0 Å². The molecule has 0 aliphatic carbocycles. The number of aryl methyl sites for hydroxylation is 1. The molecule has 4 nitrogen and oxygen atoms in total. The van der Waals surface area contributed by atoms with Gasteiger partial charge in [-0.1, -0.05) is 42.5 Å². The number of benzene rings is 2. The summed E-state index contributed by atoms with van der Waals surface area (Å²) in [6, 6.07) is 17.0. The molecule has 1 atom stereocenters. The van der Waals surface area contributed by atoms with Crippen molar-refractivity contribution in [3.8, 4) is 0 Å². The second-order valence-corrected chi connectivity index (χ2v) is 7.45. The molecule has 0 bridgehead atoms. The number of nitrogens with zero attached hydrogens (tertiary/aromatic N) is 1. The van der Waals surface area contributed by atoms with Crippen molar-refractivity contribution in [3.05, 3.63) is 71.3 Å². The van der Waals surface area contributed by atoms with Gasteiger partial charge in [0.1, 0.15) is 0 Å². The van der Waals surface area contributed by atoms with Gasteiger partial charge in [0.05, 0.1) is 11.7 Å². The summed E-state index contributed by atoms with van der Waals surface area (Å²) in [5, 5.41) is 20.1. The van der Waals surface area contributed by atoms with Gasteiger partial charge >= 0.3 is 0 Å². The highest BCUT2D eigenvalue weighted by molar-refractivity contribution is 5.94. The van der Waals surface area contributed by atoms with E-state index in [0.29, 0.717) is 24.9 Å². The highest BCUT2D eigenvalue weighted by Gasteiger charge is 2.16. The zero-order valence-electron chi connectivity index (χ0n) is 15.9. The Kier molecular flexibility index (Phi) is 6.95. The van der Waals surface area contributed by atoms with Crippen LogP contribution in [0.25, 0.3) is 0 Å². The van der Waals surface area contributed by atoms with Gasteiger partial charge in [-0.3, -0.25) is 4.79 Å². The Bertz CT molecular complexity index is 707. The van der Waals surface area contributed by atoms with E-state index in [-0.39, 0.29) is 5.91 Å². The predicted octanol–water partition coefficient (Wildman–Crippen LogP) is 3.59. The summed E-state index contributed by atoms with van der Waals surface area (Å²) >= 11 is 0. The Morgan fingerprint density at radius 1 is 1.12 bits per heavy atom. The molecular weight excluding hydrogens is 326 g/mol. The summed E-state index contributed by atoms with van der Waals surface area (Å²) in [4.78, 5) is 14.3. The zero-order chi connectivity index (χ0) is 19.2. The Morgan fingerprint density at radius 3 is 2.46 bits per heavy atom. The van der Waals surface area contributed by atoms with Crippen LogP contribution in [-0.2, 0) is 6.42 Å². The van der Waals surface area contributed by atoms with Crippen LogP contribution >= 0.6 is 0 Å². The first kappa shape index (κ1) is 20.1. The number of rotatable bonds is 8. The Balaban J connectivity index is 1.93. The molecule has 0 heterocycles. The summed E-state index contributed by atoms with van der Waals surface area (Å²) in [6.07, 6.45) is 1.28. The van der Waals surface area contributed by atoms with Gasteiger partial charge in [-0.05, 0) is 56.4 Å². The van der Waals surface area contributed by atoms with Gasteiger partial charge in [-0.2, -0.15) is 0 Å². The fourth-order valence-corrected chi connectivity index (χ4v) is 2.79. The summed E-state index contributed by atoms with van der Waals surface area (Å²) < 4.78 is 0. The summed E-state index contributed by atoms with van der Waals surface area (Å²) in [5.41, 5.74) is 1.82. The second-order valence-electron chi connectivity index (χ2n) is 7.45. The monoisotopic (exact) mass is 355 g/mol. The van der Waals surface area contributed by atoms with Crippen molar-refractivity contribution in [2.75, 3.05) is 13.6 Å². The minimum absolute atomic E-state index is 0.0598. The summed E-state index contributed by atoms with van der Waals surface area (Å²) in [6.45, 7) is 4.05. The molecule has 2 aromatic carbocycles. The lowest BCUT2D eigenvalue weighted by atomic mass is 9.97. The Hall–Kier alpha value is -2.17. The van der Waals surface area contributed by atoms with Crippen LogP contribution in [-0.4, -0.2) is 40.2 Å². The molecule has 0 spiro atoms. The molecule has 140 valence electrons. The molecule has 0 aliphatic rings. The van der Waals surface area contributed by atoms with Crippen LogP contribution in [0.1, 0.15) is 54.3 Å². The second kappa shape index (κ2) is 8.97. The SMILES string of the molecule is CN(CC[C@@H](O)c1ccccc1)C(=O)c1cccc(CCC(C)(C)O)c1. The lowest BCUT2D eigenvalue weighted by Gasteiger charge is -2.20. The molecule has 0 radical (unpaired) electrons. The molecule has 4 heteroatoms. The van der Waals surface area contributed by atoms with E-state index in [1.165, 1.54) is 0 Å². The number of hydrogen-bond donors (Lipinski definition) is 2. The van der Waals surface area contributed by atoms with Gasteiger partial charge in [0, 0.05) is 19.2 Å². The van der Waals surface area contributed by atoms with Crippen LogP contribution in [0.4, 0.5) is 0 Å². The number of hydrogen-bond acceptors (Lipinski definition) is 3. The van der Waals surface area contributed by atoms with Crippen molar-refractivity contribution in [2.45, 2.75) is 44.8 Å². The molecule has 2 aromatic rings. The maximum Gasteiger partial charge on any atom is 0.253 e. The van der Waals surface area contributed by atoms with E-state index in [9.17, 15) is 15.0 Å². The molecule has 1 amide bonds. The van der Waals surface area contributed by atoms with Gasteiger partial charge in [0.25, 0.3) is 5.91 Å². The largest absolute Gasteiger partial charge is 0.390 e. The van der Waals surface area contributed by atoms with Crippen LogP contribution < -0.4 is 0 Å². The predicted molar refractivity (Wildman–Crippen MR) is 104 cm³/mol. The fraction of sp³-hybridized carbons (Fsp3) is 0.409. The third kappa shape index (κ3) is 6.28. The average molecular weight is 355 g/mol. The van der Waals surface area contributed by atoms with Crippen molar-refractivity contribution in [3.63, 3.8) is 0 Å². The molecular formula is C22H29NO3. The van der Waals surface area contributed by atoms with E-state index in [1.807, 2.05) is 48.5 Å². The minimum Gasteiger partial charge on any atom is -0.390 e. The van der Waals surface area contributed by atoms with E-state index >= 15 is 0 Å². The maximum atomic E-state index is 12.6. The van der Waals surface area contributed by atoms with Crippen molar-refractivity contribution in [1.29, 1.82) is 0 Å². The molecule has 0 aliphatic heterocycles. The highest BCUT2D eigenvalue weighted by atomic mass is 16.3. The Labute approximate surface area is 156 Å². The molecule has 2 rings (SSSR count). The first-order valence-corrected chi connectivity index (χ1v) is 9.06. The normalized spacial score (nSPS) is 12.7. The number of carbonyl (C=O) groups is 1.